The Labute approximate surface area is 188 Å². The van der Waals surface area contributed by atoms with Crippen molar-refractivity contribution in [2.24, 2.45) is 0 Å². The summed E-state index contributed by atoms with van der Waals surface area (Å²) >= 11 is 0. The summed E-state index contributed by atoms with van der Waals surface area (Å²) in [5.74, 6) is -3.33. The van der Waals surface area contributed by atoms with E-state index in [-0.39, 0.29) is 11.3 Å². The molecule has 0 fully saturated rings. The van der Waals surface area contributed by atoms with E-state index in [0.717, 1.165) is 12.1 Å². The van der Waals surface area contributed by atoms with E-state index in [0.29, 0.717) is 29.0 Å². The lowest BCUT2D eigenvalue weighted by atomic mass is 10.0. The highest BCUT2D eigenvalue weighted by Gasteiger charge is 2.28. The van der Waals surface area contributed by atoms with Crippen LogP contribution in [0.25, 0.3) is 11.0 Å². The normalized spacial score (nSPS) is 11.5. The summed E-state index contributed by atoms with van der Waals surface area (Å²) in [7, 11) is -3.85. The molecule has 8 nitrogen and oxygen atoms in total. The van der Waals surface area contributed by atoms with Crippen molar-refractivity contribution in [2.75, 3.05) is 15.8 Å². The summed E-state index contributed by atoms with van der Waals surface area (Å²) < 4.78 is 56.0. The summed E-state index contributed by atoms with van der Waals surface area (Å²) in [5, 5.41) is 3.38. The second kappa shape index (κ2) is 8.94. The average Bonchev–Trinajstić information content (AvgIpc) is 3.22. The Bertz CT molecular complexity index is 1440. The van der Waals surface area contributed by atoms with Crippen LogP contribution in [0.15, 0.2) is 55.0 Å². The van der Waals surface area contributed by atoms with Crippen LogP contribution in [0.1, 0.15) is 29.3 Å². The fourth-order valence-electron chi connectivity index (χ4n) is 3.40. The highest BCUT2D eigenvalue weighted by atomic mass is 32.2. The average molecular weight is 472 g/mol. The maximum Gasteiger partial charge on any atom is 0.236 e. The number of carbonyl (C=O) groups is 1. The summed E-state index contributed by atoms with van der Waals surface area (Å²) in [6.07, 6.45) is 3.02. The van der Waals surface area contributed by atoms with Crippen LogP contribution < -0.4 is 15.0 Å². The Hall–Kier alpha value is -3.86. The molecule has 0 bridgehead atoms. The summed E-state index contributed by atoms with van der Waals surface area (Å²) in [5.41, 5.74) is -0.309. The summed E-state index contributed by atoms with van der Waals surface area (Å²) in [4.78, 5) is 23.2. The molecule has 2 aromatic carbocycles. The highest BCUT2D eigenvalue weighted by Crippen LogP contribution is 2.30. The maximum absolute atomic E-state index is 15.2. The fraction of sp³-hybridized carbons (Fsp3) is 0.136. The maximum atomic E-state index is 15.2. The molecule has 0 aliphatic rings. The van der Waals surface area contributed by atoms with E-state index < -0.39 is 38.7 Å². The number of anilines is 3. The molecule has 4 N–H and O–H groups in total. The van der Waals surface area contributed by atoms with Crippen LogP contribution in [0, 0.1) is 11.6 Å². The van der Waals surface area contributed by atoms with E-state index in [4.69, 9.17) is 0 Å². The number of nitrogens with one attached hydrogen (secondary N) is 4. The van der Waals surface area contributed by atoms with E-state index in [1.807, 2.05) is 18.2 Å². The number of rotatable bonds is 8. The van der Waals surface area contributed by atoms with Crippen LogP contribution in [0.4, 0.5) is 26.0 Å². The molecule has 0 amide bonds. The van der Waals surface area contributed by atoms with E-state index >= 15 is 4.39 Å². The number of carbonyl (C=O) groups excluding carboxylic acids is 1. The van der Waals surface area contributed by atoms with Gasteiger partial charge in [0, 0.05) is 5.69 Å². The third-order valence-corrected chi connectivity index (χ3v) is 6.33. The van der Waals surface area contributed by atoms with Gasteiger partial charge in [0.25, 0.3) is 0 Å². The zero-order valence-electron chi connectivity index (χ0n) is 17.4. The first kappa shape index (κ1) is 22.3. The predicted octanol–water partition coefficient (Wildman–Crippen LogP) is 3.78. The minimum absolute atomic E-state index is 0.0425. The number of ketones is 1. The molecule has 2 aromatic heterocycles. The zero-order valence-corrected chi connectivity index (χ0v) is 18.3. The lowest BCUT2D eigenvalue weighted by Gasteiger charge is -2.11. The monoisotopic (exact) mass is 472 g/mol. The van der Waals surface area contributed by atoms with Crippen molar-refractivity contribution < 1.29 is 27.0 Å². The summed E-state index contributed by atoms with van der Waals surface area (Å²) in [6, 6.07) is 10.9. The molecule has 0 aliphatic carbocycles. The molecule has 0 atom stereocenters. The van der Waals surface area contributed by atoms with E-state index in [1.54, 1.807) is 19.1 Å². The topological polar surface area (TPSA) is 118 Å². The Balaban J connectivity index is 1.79. The van der Waals surface area contributed by atoms with Gasteiger partial charge in [0.15, 0.2) is 5.82 Å². The van der Waals surface area contributed by atoms with Gasteiger partial charge in [-0.3, -0.25) is 14.5 Å². The number of para-hydroxylation sites is 1. The molecular formula is C22H20F2N5O3S+. The number of nitrogens with zero attached hydrogens (tertiary/aromatic N) is 1. The predicted molar refractivity (Wildman–Crippen MR) is 120 cm³/mol. The number of H-pyrrole nitrogens is 2. The van der Waals surface area contributed by atoms with Crippen LogP contribution >= 0.6 is 0 Å². The number of aromatic nitrogens is 3. The van der Waals surface area contributed by atoms with Crippen molar-refractivity contribution in [1.29, 1.82) is 0 Å². The van der Waals surface area contributed by atoms with Gasteiger partial charge < -0.3 is 5.32 Å². The van der Waals surface area contributed by atoms with Crippen LogP contribution in [-0.2, 0) is 10.0 Å². The lowest BCUT2D eigenvalue weighted by molar-refractivity contribution is -0.352. The molecule has 11 heteroatoms. The fourth-order valence-corrected chi connectivity index (χ4v) is 4.53. The highest BCUT2D eigenvalue weighted by molar-refractivity contribution is 7.92. The first-order valence-corrected chi connectivity index (χ1v) is 11.7. The minimum Gasteiger partial charge on any atom is -0.326 e. The molecule has 33 heavy (non-hydrogen) atoms. The van der Waals surface area contributed by atoms with Gasteiger partial charge in [-0.1, -0.05) is 30.1 Å². The molecule has 0 radical (unpaired) electrons. The van der Waals surface area contributed by atoms with Gasteiger partial charge >= 0.3 is 0 Å². The SMILES string of the molecule is CCCS(=O)(=O)Nc1ccc(F)c(C(=O)c2c[nH]c3[nH+]cnc(Nc4ccccc4)c23)c1F. The molecule has 2 heterocycles. The molecule has 0 saturated heterocycles. The molecule has 4 rings (SSSR count). The number of sulfonamides is 1. The molecule has 0 saturated carbocycles. The Morgan fingerprint density at radius 3 is 2.64 bits per heavy atom. The van der Waals surface area contributed by atoms with E-state index in [1.165, 1.54) is 12.5 Å². The van der Waals surface area contributed by atoms with Gasteiger partial charge in [-0.2, -0.15) is 0 Å². The number of halogens is 2. The number of benzene rings is 2. The number of hydrogen-bond donors (Lipinski definition) is 3. The Kier molecular flexibility index (Phi) is 6.05. The van der Waals surface area contributed by atoms with Crippen molar-refractivity contribution in [1.82, 2.24) is 9.97 Å². The Morgan fingerprint density at radius 2 is 1.91 bits per heavy atom. The molecule has 170 valence electrons. The van der Waals surface area contributed by atoms with Crippen LogP contribution in [-0.4, -0.2) is 29.9 Å². The molecule has 0 spiro atoms. The first-order valence-electron chi connectivity index (χ1n) is 10.0. The van der Waals surface area contributed by atoms with Gasteiger partial charge in [0.2, 0.25) is 33.6 Å². The quantitative estimate of drug-likeness (QED) is 0.337. The van der Waals surface area contributed by atoms with Crippen molar-refractivity contribution >= 4 is 44.0 Å². The van der Waals surface area contributed by atoms with Crippen molar-refractivity contribution in [3.05, 3.63) is 77.8 Å². The van der Waals surface area contributed by atoms with Gasteiger partial charge in [0.1, 0.15) is 11.2 Å². The largest absolute Gasteiger partial charge is 0.326 e. The van der Waals surface area contributed by atoms with Gasteiger partial charge in [0.05, 0.1) is 28.8 Å². The van der Waals surface area contributed by atoms with Crippen molar-refractivity contribution in [3.63, 3.8) is 0 Å². The minimum atomic E-state index is -3.85. The van der Waals surface area contributed by atoms with Crippen molar-refractivity contribution in [2.45, 2.75) is 13.3 Å². The van der Waals surface area contributed by atoms with Crippen LogP contribution in [0.3, 0.4) is 0 Å². The van der Waals surface area contributed by atoms with E-state index in [2.05, 4.69) is 25.0 Å². The van der Waals surface area contributed by atoms with Crippen LogP contribution in [0.5, 0.6) is 0 Å². The molecule has 0 unspecified atom stereocenters. The lowest BCUT2D eigenvalue weighted by Crippen LogP contribution is -2.18. The Morgan fingerprint density at radius 1 is 1.15 bits per heavy atom. The standard InChI is InChI=1S/C22H19F2N5O3S/c1-2-10-33(31,32)29-16-9-8-15(23)18(19(16)24)20(30)14-11-25-21-17(14)22(27-12-26-21)28-13-6-4-3-5-7-13/h3-9,11-12,29H,2,10H2,1H3,(H2,25,26,27,28)/p+1. The first-order chi connectivity index (χ1) is 15.8. The molecule has 0 aliphatic heterocycles. The van der Waals surface area contributed by atoms with E-state index in [9.17, 15) is 17.6 Å². The zero-order chi connectivity index (χ0) is 23.6. The molecule has 4 aromatic rings. The van der Waals surface area contributed by atoms with Gasteiger partial charge in [-0.05, 0) is 30.7 Å². The van der Waals surface area contributed by atoms with Crippen molar-refractivity contribution in [3.8, 4) is 0 Å². The second-order valence-electron chi connectivity index (χ2n) is 7.23. The van der Waals surface area contributed by atoms with Gasteiger partial charge in [-0.15, -0.1) is 0 Å². The smallest absolute Gasteiger partial charge is 0.236 e. The van der Waals surface area contributed by atoms with Gasteiger partial charge in [-0.25, -0.2) is 22.2 Å². The number of fused-ring (bicyclic) bond motifs is 1. The molecular weight excluding hydrogens is 452 g/mol. The summed E-state index contributed by atoms with van der Waals surface area (Å²) in [6.45, 7) is 1.65. The van der Waals surface area contributed by atoms with Crippen LogP contribution in [0.2, 0.25) is 0 Å². The third kappa shape index (κ3) is 4.53. The second-order valence-corrected chi connectivity index (χ2v) is 9.07. The third-order valence-electron chi connectivity index (χ3n) is 4.86. The number of aromatic amines is 2. The number of hydrogen-bond acceptors (Lipinski definition) is 5.